The molecule has 0 spiro atoms. The molecule has 0 aliphatic heterocycles. The van der Waals surface area contributed by atoms with Gasteiger partial charge in [-0.15, -0.1) is 0 Å². The Balaban J connectivity index is 2.89. The summed E-state index contributed by atoms with van der Waals surface area (Å²) < 4.78 is 0. The van der Waals surface area contributed by atoms with Crippen LogP contribution in [0.5, 0.6) is 0 Å². The van der Waals surface area contributed by atoms with Gasteiger partial charge in [-0.2, -0.15) is 0 Å². The maximum Gasteiger partial charge on any atom is 0.0786 e. The molecule has 62 valence electrons. The van der Waals surface area contributed by atoms with E-state index in [1.54, 1.807) is 0 Å². The molecule has 1 unspecified atom stereocenters. The maximum atomic E-state index is 8.97. The van der Waals surface area contributed by atoms with Gasteiger partial charge in [-0.3, -0.25) is 0 Å². The first kappa shape index (κ1) is 9.88. The highest BCUT2D eigenvalue weighted by molar-refractivity contribution is 4.58. The Morgan fingerprint density at radius 2 is 2.30 bits per heavy atom. The van der Waals surface area contributed by atoms with Crippen LogP contribution in [0.3, 0.4) is 0 Å². The minimum Gasteiger partial charge on any atom is -0.390 e. The van der Waals surface area contributed by atoms with Gasteiger partial charge in [-0.05, 0) is 13.0 Å². The van der Waals surface area contributed by atoms with E-state index in [1.807, 2.05) is 0 Å². The third-order valence-corrected chi connectivity index (χ3v) is 1.36. The van der Waals surface area contributed by atoms with Crippen LogP contribution in [0, 0.1) is 0 Å². The van der Waals surface area contributed by atoms with Crippen LogP contribution in [0.4, 0.5) is 0 Å². The second-order valence-electron chi connectivity index (χ2n) is 2.45. The molecule has 3 heteroatoms. The standard InChI is InChI=1S/C7H18N2O/c1-2-3-4-9-6-7(10)5-8/h7,9-10H,2-6,8H2,1H3. The van der Waals surface area contributed by atoms with Crippen molar-refractivity contribution in [3.05, 3.63) is 0 Å². The molecule has 0 heterocycles. The van der Waals surface area contributed by atoms with Crippen LogP contribution in [0.1, 0.15) is 19.8 Å². The maximum absolute atomic E-state index is 8.97. The number of rotatable bonds is 6. The molecule has 10 heavy (non-hydrogen) atoms. The molecule has 0 radical (unpaired) electrons. The van der Waals surface area contributed by atoms with Gasteiger partial charge < -0.3 is 16.2 Å². The van der Waals surface area contributed by atoms with Crippen molar-refractivity contribution >= 4 is 0 Å². The van der Waals surface area contributed by atoms with Gasteiger partial charge in [0.05, 0.1) is 6.10 Å². The molecule has 1 atom stereocenters. The Labute approximate surface area is 62.6 Å². The highest BCUT2D eigenvalue weighted by atomic mass is 16.3. The van der Waals surface area contributed by atoms with Crippen LogP contribution in [-0.4, -0.2) is 30.8 Å². The van der Waals surface area contributed by atoms with E-state index in [0.29, 0.717) is 13.1 Å². The minimum atomic E-state index is -0.378. The predicted octanol–water partition coefficient (Wildman–Crippen LogP) is -0.304. The molecule has 0 aromatic rings. The fraction of sp³-hybridized carbons (Fsp3) is 1.00. The van der Waals surface area contributed by atoms with Crippen molar-refractivity contribution in [2.45, 2.75) is 25.9 Å². The van der Waals surface area contributed by atoms with Gasteiger partial charge in [0.15, 0.2) is 0 Å². The molecule has 3 nitrogen and oxygen atoms in total. The number of nitrogens with one attached hydrogen (secondary N) is 1. The zero-order valence-corrected chi connectivity index (χ0v) is 6.64. The molecule has 0 aliphatic rings. The smallest absolute Gasteiger partial charge is 0.0786 e. The molecule has 0 fully saturated rings. The summed E-state index contributed by atoms with van der Waals surface area (Å²) >= 11 is 0. The lowest BCUT2D eigenvalue weighted by Crippen LogP contribution is -2.32. The number of nitrogens with two attached hydrogens (primary N) is 1. The molecule has 0 saturated carbocycles. The monoisotopic (exact) mass is 146 g/mol. The van der Waals surface area contributed by atoms with Crippen molar-refractivity contribution in [1.82, 2.24) is 5.32 Å². The third kappa shape index (κ3) is 6.01. The van der Waals surface area contributed by atoms with Gasteiger partial charge in [-0.25, -0.2) is 0 Å². The van der Waals surface area contributed by atoms with Crippen LogP contribution < -0.4 is 11.1 Å². The van der Waals surface area contributed by atoms with Gasteiger partial charge in [0.2, 0.25) is 0 Å². The lowest BCUT2D eigenvalue weighted by atomic mass is 10.3. The first-order chi connectivity index (χ1) is 4.81. The second kappa shape index (κ2) is 6.99. The predicted molar refractivity (Wildman–Crippen MR) is 42.8 cm³/mol. The summed E-state index contributed by atoms with van der Waals surface area (Å²) in [5.41, 5.74) is 5.20. The van der Waals surface area contributed by atoms with E-state index in [2.05, 4.69) is 12.2 Å². The summed E-state index contributed by atoms with van der Waals surface area (Å²) in [6.07, 6.45) is 1.97. The molecule has 0 aromatic carbocycles. The number of aliphatic hydroxyl groups is 1. The van der Waals surface area contributed by atoms with Crippen LogP contribution in [0.25, 0.3) is 0 Å². The van der Waals surface area contributed by atoms with E-state index >= 15 is 0 Å². The number of hydrogen-bond acceptors (Lipinski definition) is 3. The van der Waals surface area contributed by atoms with Crippen molar-refractivity contribution in [2.24, 2.45) is 5.73 Å². The Hall–Kier alpha value is -0.120. The molecule has 4 N–H and O–H groups in total. The largest absolute Gasteiger partial charge is 0.390 e. The minimum absolute atomic E-state index is 0.346. The van der Waals surface area contributed by atoms with Crippen molar-refractivity contribution in [3.63, 3.8) is 0 Å². The van der Waals surface area contributed by atoms with Gasteiger partial charge in [0.1, 0.15) is 0 Å². The Morgan fingerprint density at radius 3 is 2.80 bits per heavy atom. The fourth-order valence-electron chi connectivity index (χ4n) is 0.654. The highest BCUT2D eigenvalue weighted by Gasteiger charge is 1.97. The Kier molecular flexibility index (Phi) is 6.91. The van der Waals surface area contributed by atoms with E-state index in [4.69, 9.17) is 10.8 Å². The van der Waals surface area contributed by atoms with Crippen molar-refractivity contribution < 1.29 is 5.11 Å². The lowest BCUT2D eigenvalue weighted by molar-refractivity contribution is 0.179. The summed E-state index contributed by atoms with van der Waals surface area (Å²) in [7, 11) is 0. The fourth-order valence-corrected chi connectivity index (χ4v) is 0.654. The summed E-state index contributed by atoms with van der Waals surface area (Å²) in [6, 6.07) is 0. The zero-order chi connectivity index (χ0) is 7.82. The van der Waals surface area contributed by atoms with E-state index in [1.165, 1.54) is 6.42 Å². The second-order valence-corrected chi connectivity index (χ2v) is 2.45. The van der Waals surface area contributed by atoms with Gasteiger partial charge in [0, 0.05) is 13.1 Å². The van der Waals surface area contributed by atoms with E-state index in [0.717, 1.165) is 13.0 Å². The third-order valence-electron chi connectivity index (χ3n) is 1.36. The normalized spacial score (nSPS) is 13.5. The molecular weight excluding hydrogens is 128 g/mol. The molecule has 0 amide bonds. The van der Waals surface area contributed by atoms with Gasteiger partial charge >= 0.3 is 0 Å². The van der Waals surface area contributed by atoms with Crippen LogP contribution in [0.15, 0.2) is 0 Å². The highest BCUT2D eigenvalue weighted by Crippen LogP contribution is 1.82. The van der Waals surface area contributed by atoms with E-state index in [9.17, 15) is 0 Å². The number of hydrogen-bond donors (Lipinski definition) is 3. The summed E-state index contributed by atoms with van der Waals surface area (Å²) in [6.45, 7) is 4.09. The Bertz CT molecular complexity index is 68.6. The van der Waals surface area contributed by atoms with E-state index < -0.39 is 0 Å². The average molecular weight is 146 g/mol. The van der Waals surface area contributed by atoms with Gasteiger partial charge in [0.25, 0.3) is 0 Å². The van der Waals surface area contributed by atoms with Crippen LogP contribution >= 0.6 is 0 Å². The SMILES string of the molecule is CCCCNCC(O)CN. The summed E-state index contributed by atoms with van der Waals surface area (Å²) in [5.74, 6) is 0. The Morgan fingerprint density at radius 1 is 1.60 bits per heavy atom. The number of unbranched alkanes of at least 4 members (excludes halogenated alkanes) is 1. The van der Waals surface area contributed by atoms with E-state index in [-0.39, 0.29) is 6.10 Å². The molecule has 0 rings (SSSR count). The van der Waals surface area contributed by atoms with Crippen molar-refractivity contribution in [3.8, 4) is 0 Å². The zero-order valence-electron chi connectivity index (χ0n) is 6.64. The molecule has 0 aromatic heterocycles. The van der Waals surface area contributed by atoms with Crippen LogP contribution in [-0.2, 0) is 0 Å². The van der Waals surface area contributed by atoms with Crippen LogP contribution in [0.2, 0.25) is 0 Å². The van der Waals surface area contributed by atoms with Crippen molar-refractivity contribution in [1.29, 1.82) is 0 Å². The topological polar surface area (TPSA) is 58.3 Å². The molecule has 0 saturated heterocycles. The molecule has 0 bridgehead atoms. The molecule has 0 aliphatic carbocycles. The lowest BCUT2D eigenvalue weighted by Gasteiger charge is -2.07. The average Bonchev–Trinajstić information content (AvgIpc) is 1.98. The molecular formula is C7H18N2O. The van der Waals surface area contributed by atoms with Crippen molar-refractivity contribution in [2.75, 3.05) is 19.6 Å². The number of aliphatic hydroxyl groups excluding tert-OH is 1. The summed E-state index contributed by atoms with van der Waals surface area (Å²) in [5, 5.41) is 12.1. The quantitative estimate of drug-likeness (QED) is 0.451. The first-order valence-electron chi connectivity index (χ1n) is 3.90. The van der Waals surface area contributed by atoms with Gasteiger partial charge in [-0.1, -0.05) is 13.3 Å². The summed E-state index contributed by atoms with van der Waals surface area (Å²) in [4.78, 5) is 0. The first-order valence-corrected chi connectivity index (χ1v) is 3.90.